The molecule has 78 valence electrons. The number of benzene rings is 1. The number of hydrogen-bond acceptors (Lipinski definition) is 2. The van der Waals surface area contributed by atoms with Gasteiger partial charge in [-0.3, -0.25) is 0 Å². The van der Waals surface area contributed by atoms with Crippen LogP contribution in [0, 0.1) is 17.2 Å². The van der Waals surface area contributed by atoms with Gasteiger partial charge in [-0.05, 0) is 43.9 Å². The highest BCUT2D eigenvalue weighted by Gasteiger charge is 2.41. The molecule has 1 N–H and O–H groups in total. The van der Waals surface area contributed by atoms with Crippen LogP contribution in [0.25, 0.3) is 0 Å². The molecule has 1 atom stereocenters. The standard InChI is InChI=1S/C12H13ClN2/c1-12(8-14,9-5-6-9)15-11-4-2-3-10(13)7-11/h2-4,7,9,15H,5-6H2,1H3. The third-order valence-corrected chi connectivity index (χ3v) is 3.09. The molecule has 1 aliphatic rings. The van der Waals surface area contributed by atoms with Gasteiger partial charge in [0.1, 0.15) is 5.54 Å². The van der Waals surface area contributed by atoms with Gasteiger partial charge >= 0.3 is 0 Å². The number of nitrogens with one attached hydrogen (secondary N) is 1. The largest absolute Gasteiger partial charge is 0.367 e. The van der Waals surface area contributed by atoms with E-state index in [2.05, 4.69) is 11.4 Å². The lowest BCUT2D eigenvalue weighted by atomic mass is 9.97. The maximum Gasteiger partial charge on any atom is 0.125 e. The van der Waals surface area contributed by atoms with Crippen LogP contribution in [0.4, 0.5) is 5.69 Å². The molecule has 1 fully saturated rings. The van der Waals surface area contributed by atoms with Crippen molar-refractivity contribution in [2.75, 3.05) is 5.32 Å². The van der Waals surface area contributed by atoms with E-state index in [1.165, 1.54) is 0 Å². The van der Waals surface area contributed by atoms with Crippen LogP contribution < -0.4 is 5.32 Å². The first-order valence-electron chi connectivity index (χ1n) is 5.09. The quantitative estimate of drug-likeness (QED) is 0.847. The zero-order valence-corrected chi connectivity index (χ0v) is 9.38. The fourth-order valence-electron chi connectivity index (χ4n) is 1.75. The van der Waals surface area contributed by atoms with E-state index in [1.54, 1.807) is 0 Å². The summed E-state index contributed by atoms with van der Waals surface area (Å²) >= 11 is 5.89. The number of halogens is 1. The second kappa shape index (κ2) is 3.75. The minimum Gasteiger partial charge on any atom is -0.367 e. The molecule has 15 heavy (non-hydrogen) atoms. The summed E-state index contributed by atoms with van der Waals surface area (Å²) in [5.41, 5.74) is 0.462. The van der Waals surface area contributed by atoms with Crippen molar-refractivity contribution >= 4 is 17.3 Å². The summed E-state index contributed by atoms with van der Waals surface area (Å²) < 4.78 is 0. The Kier molecular flexibility index (Phi) is 2.58. The lowest BCUT2D eigenvalue weighted by Crippen LogP contribution is -2.35. The smallest absolute Gasteiger partial charge is 0.125 e. The van der Waals surface area contributed by atoms with Crippen molar-refractivity contribution in [3.8, 4) is 6.07 Å². The fraction of sp³-hybridized carbons (Fsp3) is 0.417. The van der Waals surface area contributed by atoms with Crippen LogP contribution in [0.5, 0.6) is 0 Å². The molecule has 0 aromatic heterocycles. The van der Waals surface area contributed by atoms with Gasteiger partial charge in [0.2, 0.25) is 0 Å². The SMILES string of the molecule is CC(C#N)(Nc1cccc(Cl)c1)C1CC1. The highest BCUT2D eigenvalue weighted by atomic mass is 35.5. The topological polar surface area (TPSA) is 35.8 Å². The van der Waals surface area contributed by atoms with E-state index >= 15 is 0 Å². The second-order valence-corrected chi connectivity index (χ2v) is 4.66. The highest BCUT2D eigenvalue weighted by Crippen LogP contribution is 2.41. The number of nitriles is 1. The number of nitrogens with zero attached hydrogens (tertiary/aromatic N) is 1. The molecule has 2 nitrogen and oxygen atoms in total. The van der Waals surface area contributed by atoms with Crippen LogP contribution in [-0.2, 0) is 0 Å². The van der Waals surface area contributed by atoms with Crippen molar-refractivity contribution in [3.63, 3.8) is 0 Å². The number of hydrogen-bond donors (Lipinski definition) is 1. The summed E-state index contributed by atoms with van der Waals surface area (Å²) in [6.45, 7) is 1.95. The van der Waals surface area contributed by atoms with E-state index in [0.29, 0.717) is 10.9 Å². The average molecular weight is 221 g/mol. The Morgan fingerprint density at radius 2 is 2.27 bits per heavy atom. The van der Waals surface area contributed by atoms with Crippen LogP contribution in [-0.4, -0.2) is 5.54 Å². The normalized spacial score (nSPS) is 19.0. The van der Waals surface area contributed by atoms with Gasteiger partial charge in [0.15, 0.2) is 0 Å². The lowest BCUT2D eigenvalue weighted by Gasteiger charge is -2.24. The zero-order chi connectivity index (χ0) is 10.9. The van der Waals surface area contributed by atoms with Crippen LogP contribution in [0.1, 0.15) is 19.8 Å². The van der Waals surface area contributed by atoms with Gasteiger partial charge in [-0.25, -0.2) is 0 Å². The van der Waals surface area contributed by atoms with Gasteiger partial charge in [-0.15, -0.1) is 0 Å². The van der Waals surface area contributed by atoms with Crippen LogP contribution in [0.2, 0.25) is 5.02 Å². The molecule has 0 heterocycles. The Morgan fingerprint density at radius 1 is 1.53 bits per heavy atom. The van der Waals surface area contributed by atoms with E-state index in [1.807, 2.05) is 31.2 Å². The molecule has 0 radical (unpaired) electrons. The van der Waals surface area contributed by atoms with Crippen molar-refractivity contribution < 1.29 is 0 Å². The number of anilines is 1. The predicted octanol–water partition coefficient (Wildman–Crippen LogP) is 3.44. The molecule has 1 unspecified atom stereocenters. The van der Waals surface area contributed by atoms with Crippen molar-refractivity contribution in [3.05, 3.63) is 29.3 Å². The van der Waals surface area contributed by atoms with Gasteiger partial charge in [0, 0.05) is 10.7 Å². The first-order chi connectivity index (χ1) is 7.14. The second-order valence-electron chi connectivity index (χ2n) is 4.22. The molecule has 0 saturated heterocycles. The maximum absolute atomic E-state index is 9.18. The van der Waals surface area contributed by atoms with Crippen molar-refractivity contribution in [2.45, 2.75) is 25.3 Å². The summed E-state index contributed by atoms with van der Waals surface area (Å²) in [4.78, 5) is 0. The summed E-state index contributed by atoms with van der Waals surface area (Å²) in [6, 6.07) is 9.85. The van der Waals surface area contributed by atoms with E-state index in [9.17, 15) is 5.26 Å². The molecule has 3 heteroatoms. The first kappa shape index (κ1) is 10.3. The Bertz CT molecular complexity index is 406. The van der Waals surface area contributed by atoms with Crippen molar-refractivity contribution in [1.82, 2.24) is 0 Å². The third kappa shape index (κ3) is 2.24. The number of rotatable bonds is 3. The van der Waals surface area contributed by atoms with Crippen LogP contribution >= 0.6 is 11.6 Å². The highest BCUT2D eigenvalue weighted by molar-refractivity contribution is 6.30. The Hall–Kier alpha value is -1.20. The van der Waals surface area contributed by atoms with E-state index in [0.717, 1.165) is 18.5 Å². The molecule has 0 aliphatic heterocycles. The molecule has 1 aromatic carbocycles. The molecular weight excluding hydrogens is 208 g/mol. The van der Waals surface area contributed by atoms with Crippen molar-refractivity contribution in [1.29, 1.82) is 5.26 Å². The molecule has 1 aromatic rings. The molecule has 1 saturated carbocycles. The molecule has 2 rings (SSSR count). The Labute approximate surface area is 94.9 Å². The molecular formula is C12H13ClN2. The minimum absolute atomic E-state index is 0.454. The van der Waals surface area contributed by atoms with Crippen LogP contribution in [0.15, 0.2) is 24.3 Å². The third-order valence-electron chi connectivity index (χ3n) is 2.85. The van der Waals surface area contributed by atoms with Gasteiger partial charge in [0.25, 0.3) is 0 Å². The molecule has 0 amide bonds. The fourth-order valence-corrected chi connectivity index (χ4v) is 1.94. The van der Waals surface area contributed by atoms with E-state index in [4.69, 9.17) is 11.6 Å². The van der Waals surface area contributed by atoms with Gasteiger partial charge in [-0.1, -0.05) is 17.7 Å². The van der Waals surface area contributed by atoms with Gasteiger partial charge in [-0.2, -0.15) is 5.26 Å². The zero-order valence-electron chi connectivity index (χ0n) is 8.63. The summed E-state index contributed by atoms with van der Waals surface area (Å²) in [7, 11) is 0. The van der Waals surface area contributed by atoms with E-state index < -0.39 is 5.54 Å². The van der Waals surface area contributed by atoms with Crippen LogP contribution in [0.3, 0.4) is 0 Å². The molecule has 1 aliphatic carbocycles. The first-order valence-corrected chi connectivity index (χ1v) is 5.47. The summed E-state index contributed by atoms with van der Waals surface area (Å²) in [5.74, 6) is 0.474. The minimum atomic E-state index is -0.454. The summed E-state index contributed by atoms with van der Waals surface area (Å²) in [5, 5.41) is 13.1. The predicted molar refractivity (Wildman–Crippen MR) is 61.8 cm³/mol. The average Bonchev–Trinajstić information content (AvgIpc) is 3.01. The Balaban J connectivity index is 2.17. The Morgan fingerprint density at radius 3 is 2.80 bits per heavy atom. The molecule has 0 bridgehead atoms. The maximum atomic E-state index is 9.18. The van der Waals surface area contributed by atoms with Gasteiger partial charge in [0.05, 0.1) is 6.07 Å². The van der Waals surface area contributed by atoms with Crippen molar-refractivity contribution in [2.24, 2.45) is 5.92 Å². The van der Waals surface area contributed by atoms with Gasteiger partial charge < -0.3 is 5.32 Å². The lowest BCUT2D eigenvalue weighted by molar-refractivity contribution is 0.567. The monoisotopic (exact) mass is 220 g/mol. The summed E-state index contributed by atoms with van der Waals surface area (Å²) in [6.07, 6.45) is 2.27. The molecule has 0 spiro atoms. The van der Waals surface area contributed by atoms with E-state index in [-0.39, 0.29) is 0 Å².